The Kier molecular flexibility index (Phi) is 6.37. The number of ether oxygens (including phenoxy) is 2. The van der Waals surface area contributed by atoms with Crippen molar-refractivity contribution in [1.29, 1.82) is 0 Å². The normalized spacial score (nSPS) is 23.0. The van der Waals surface area contributed by atoms with E-state index in [0.717, 1.165) is 31.0 Å². The summed E-state index contributed by atoms with van der Waals surface area (Å²) in [5.41, 5.74) is -1.12. The molecule has 2 fully saturated rings. The number of nitrogens with zero attached hydrogens (tertiary/aromatic N) is 2. The van der Waals surface area contributed by atoms with E-state index in [9.17, 15) is 26.3 Å². The quantitative estimate of drug-likeness (QED) is 0.467. The van der Waals surface area contributed by atoms with Crippen molar-refractivity contribution in [2.45, 2.75) is 44.6 Å². The standard InChI is InChI=1S/C23H24F6N2O2/c1-2-9-32-19-10-16(22(24,25)26)5-7-18(19)33-21-14-3-4-15(21)13-31(12-14)17-6-8-20(30-11-17)23(27,28)29/h5-8,10-11,14-15,21H,2-4,9,12-13H2,1H3. The zero-order chi connectivity index (χ0) is 23.8. The second-order valence-corrected chi connectivity index (χ2v) is 8.49. The van der Waals surface area contributed by atoms with E-state index in [1.165, 1.54) is 18.3 Å². The van der Waals surface area contributed by atoms with Gasteiger partial charge in [0.2, 0.25) is 0 Å². The fourth-order valence-corrected chi connectivity index (χ4v) is 4.57. The molecule has 2 atom stereocenters. The summed E-state index contributed by atoms with van der Waals surface area (Å²) in [5.74, 6) is 0.531. The smallest absolute Gasteiger partial charge is 0.433 e. The topological polar surface area (TPSA) is 34.6 Å². The molecule has 1 aromatic heterocycles. The molecular formula is C23H24F6N2O2. The van der Waals surface area contributed by atoms with Crippen LogP contribution in [0.1, 0.15) is 37.4 Å². The van der Waals surface area contributed by atoms with E-state index in [1.54, 1.807) is 0 Å². The molecule has 1 saturated carbocycles. The molecule has 10 heteroatoms. The van der Waals surface area contributed by atoms with Crippen LogP contribution in [0.5, 0.6) is 11.5 Å². The molecule has 0 radical (unpaired) electrons. The molecule has 2 unspecified atom stereocenters. The molecule has 2 aromatic rings. The lowest BCUT2D eigenvalue weighted by molar-refractivity contribution is -0.141. The Labute approximate surface area is 187 Å². The fraction of sp³-hybridized carbons (Fsp3) is 0.522. The van der Waals surface area contributed by atoms with Crippen molar-refractivity contribution in [2.75, 3.05) is 24.6 Å². The number of aromatic nitrogens is 1. The second kappa shape index (κ2) is 8.95. The van der Waals surface area contributed by atoms with Gasteiger partial charge in [0.25, 0.3) is 0 Å². The van der Waals surface area contributed by atoms with Gasteiger partial charge in [-0.3, -0.25) is 0 Å². The fourth-order valence-electron chi connectivity index (χ4n) is 4.57. The minimum absolute atomic E-state index is 0.0699. The second-order valence-electron chi connectivity index (χ2n) is 8.49. The third-order valence-electron chi connectivity index (χ3n) is 6.15. The first-order valence-corrected chi connectivity index (χ1v) is 10.8. The molecule has 2 aliphatic rings. The van der Waals surface area contributed by atoms with Crippen LogP contribution in [0.25, 0.3) is 0 Å². The molecule has 1 aliphatic carbocycles. The minimum atomic E-state index is -4.49. The van der Waals surface area contributed by atoms with Crippen LogP contribution in [0.4, 0.5) is 32.0 Å². The predicted molar refractivity (Wildman–Crippen MR) is 109 cm³/mol. The number of rotatable bonds is 6. The summed E-state index contributed by atoms with van der Waals surface area (Å²) in [6, 6.07) is 5.65. The lowest BCUT2D eigenvalue weighted by Crippen LogP contribution is -2.47. The molecule has 4 nitrogen and oxygen atoms in total. The van der Waals surface area contributed by atoms with Gasteiger partial charge in [0.05, 0.1) is 24.1 Å². The van der Waals surface area contributed by atoms with Crippen LogP contribution in [-0.4, -0.2) is 30.8 Å². The largest absolute Gasteiger partial charge is 0.490 e. The molecular weight excluding hydrogens is 450 g/mol. The third-order valence-corrected chi connectivity index (χ3v) is 6.15. The summed E-state index contributed by atoms with van der Waals surface area (Å²) < 4.78 is 89.5. The number of pyridine rings is 1. The van der Waals surface area contributed by atoms with Gasteiger partial charge >= 0.3 is 12.4 Å². The van der Waals surface area contributed by atoms with Crippen LogP contribution in [0.15, 0.2) is 36.5 Å². The molecule has 0 N–H and O–H groups in total. The number of alkyl halides is 6. The Bertz CT molecular complexity index is 947. The molecule has 2 heterocycles. The van der Waals surface area contributed by atoms with Crippen LogP contribution in [0, 0.1) is 11.8 Å². The van der Waals surface area contributed by atoms with Crippen molar-refractivity contribution in [3.05, 3.63) is 47.8 Å². The highest BCUT2D eigenvalue weighted by Crippen LogP contribution is 2.44. The van der Waals surface area contributed by atoms with E-state index in [-0.39, 0.29) is 36.0 Å². The monoisotopic (exact) mass is 474 g/mol. The van der Waals surface area contributed by atoms with Gasteiger partial charge < -0.3 is 14.4 Å². The lowest BCUT2D eigenvalue weighted by atomic mass is 9.94. The van der Waals surface area contributed by atoms with Crippen molar-refractivity contribution in [3.8, 4) is 11.5 Å². The number of hydrogen-bond donors (Lipinski definition) is 0. The molecule has 0 spiro atoms. The van der Waals surface area contributed by atoms with Crippen LogP contribution in [0.3, 0.4) is 0 Å². The molecule has 33 heavy (non-hydrogen) atoms. The highest BCUT2D eigenvalue weighted by Gasteiger charge is 2.44. The molecule has 2 bridgehead atoms. The van der Waals surface area contributed by atoms with Gasteiger partial charge in [-0.05, 0) is 49.6 Å². The summed E-state index contributed by atoms with van der Waals surface area (Å²) in [6.45, 7) is 3.27. The van der Waals surface area contributed by atoms with Gasteiger partial charge in [0.1, 0.15) is 11.8 Å². The third kappa shape index (κ3) is 5.14. The molecule has 180 valence electrons. The highest BCUT2D eigenvalue weighted by molar-refractivity contribution is 5.47. The maximum Gasteiger partial charge on any atom is 0.433 e. The summed E-state index contributed by atoms with van der Waals surface area (Å²) in [5, 5.41) is 0. The Morgan fingerprint density at radius 2 is 1.64 bits per heavy atom. The Hall–Kier alpha value is -2.65. The molecule has 1 aromatic carbocycles. The van der Waals surface area contributed by atoms with E-state index in [4.69, 9.17) is 9.47 Å². The number of benzene rings is 1. The Balaban J connectivity index is 1.49. The predicted octanol–water partition coefficient (Wildman–Crippen LogP) is 6.20. The van der Waals surface area contributed by atoms with E-state index in [0.29, 0.717) is 25.2 Å². The summed E-state index contributed by atoms with van der Waals surface area (Å²) >= 11 is 0. The summed E-state index contributed by atoms with van der Waals surface area (Å²) in [7, 11) is 0. The number of piperidine rings is 1. The van der Waals surface area contributed by atoms with E-state index >= 15 is 0 Å². The zero-order valence-corrected chi connectivity index (χ0v) is 17.9. The Morgan fingerprint density at radius 3 is 2.18 bits per heavy atom. The van der Waals surface area contributed by atoms with E-state index < -0.39 is 23.6 Å². The summed E-state index contributed by atoms with van der Waals surface area (Å²) in [6.07, 6.45) is -5.57. The average molecular weight is 474 g/mol. The van der Waals surface area contributed by atoms with Crippen molar-refractivity contribution in [1.82, 2.24) is 4.98 Å². The van der Waals surface area contributed by atoms with E-state index in [2.05, 4.69) is 4.98 Å². The van der Waals surface area contributed by atoms with Crippen molar-refractivity contribution < 1.29 is 35.8 Å². The number of hydrogen-bond acceptors (Lipinski definition) is 4. The molecule has 4 rings (SSSR count). The zero-order valence-electron chi connectivity index (χ0n) is 17.9. The van der Waals surface area contributed by atoms with E-state index in [1.807, 2.05) is 11.8 Å². The Morgan fingerprint density at radius 1 is 0.939 bits per heavy atom. The molecule has 1 aliphatic heterocycles. The molecule has 0 amide bonds. The van der Waals surface area contributed by atoms with Crippen molar-refractivity contribution in [2.24, 2.45) is 11.8 Å². The first kappa shape index (κ1) is 23.5. The van der Waals surface area contributed by atoms with Crippen LogP contribution in [0.2, 0.25) is 0 Å². The highest BCUT2D eigenvalue weighted by atomic mass is 19.4. The lowest BCUT2D eigenvalue weighted by Gasteiger charge is -2.39. The SMILES string of the molecule is CCCOc1cc(C(F)(F)F)ccc1OC1C2CCC1CN(c1ccc(C(F)(F)F)nc1)C2. The van der Waals surface area contributed by atoms with Gasteiger partial charge in [-0.15, -0.1) is 0 Å². The van der Waals surface area contributed by atoms with Gasteiger partial charge in [-0.25, -0.2) is 4.98 Å². The maximum atomic E-state index is 13.1. The van der Waals surface area contributed by atoms with Gasteiger partial charge in [0.15, 0.2) is 11.5 Å². The number of anilines is 1. The van der Waals surface area contributed by atoms with Gasteiger partial charge in [0, 0.05) is 24.9 Å². The minimum Gasteiger partial charge on any atom is -0.490 e. The van der Waals surface area contributed by atoms with Gasteiger partial charge in [-0.1, -0.05) is 6.92 Å². The van der Waals surface area contributed by atoms with Crippen LogP contribution >= 0.6 is 0 Å². The molecule has 1 saturated heterocycles. The maximum absolute atomic E-state index is 13.1. The average Bonchev–Trinajstić information content (AvgIpc) is 2.98. The first-order valence-electron chi connectivity index (χ1n) is 10.8. The first-order chi connectivity index (χ1) is 15.6. The number of fused-ring (bicyclic) bond motifs is 2. The van der Waals surface area contributed by atoms with Crippen LogP contribution in [-0.2, 0) is 12.4 Å². The van der Waals surface area contributed by atoms with Gasteiger partial charge in [-0.2, -0.15) is 26.3 Å². The van der Waals surface area contributed by atoms with Crippen molar-refractivity contribution in [3.63, 3.8) is 0 Å². The summed E-state index contributed by atoms with van der Waals surface area (Å²) in [4.78, 5) is 5.54. The number of halogens is 6. The van der Waals surface area contributed by atoms with Crippen LogP contribution < -0.4 is 14.4 Å². The van der Waals surface area contributed by atoms with Crippen molar-refractivity contribution >= 4 is 5.69 Å².